The molecule has 1 fully saturated rings. The smallest absolute Gasteiger partial charge is 0.276 e. The number of anilines is 1. The van der Waals surface area contributed by atoms with Crippen molar-refractivity contribution in [2.45, 2.75) is 0 Å². The number of hydrogen-bond donors (Lipinski definition) is 0. The maximum atomic E-state index is 14.2. The van der Waals surface area contributed by atoms with Crippen LogP contribution in [0.1, 0.15) is 10.5 Å². The third-order valence-electron chi connectivity index (χ3n) is 5.65. The van der Waals surface area contributed by atoms with Crippen molar-refractivity contribution < 1.29 is 9.18 Å². The van der Waals surface area contributed by atoms with Crippen LogP contribution in [0.15, 0.2) is 73.1 Å². The fourth-order valence-electron chi connectivity index (χ4n) is 3.99. The van der Waals surface area contributed by atoms with Gasteiger partial charge in [0, 0.05) is 44.1 Å². The molecular weight excluding hydrogens is 443 g/mol. The Morgan fingerprint density at radius 3 is 2.33 bits per heavy atom. The fraction of sp³-hybridized carbons (Fsp3) is 0.167. The third-order valence-corrected chi connectivity index (χ3v) is 5.97. The minimum absolute atomic E-state index is 0.224. The van der Waals surface area contributed by atoms with E-state index in [0.29, 0.717) is 53.8 Å². The first-order chi connectivity index (χ1) is 16.1. The van der Waals surface area contributed by atoms with Crippen LogP contribution in [0.3, 0.4) is 0 Å². The van der Waals surface area contributed by atoms with Gasteiger partial charge in [-0.3, -0.25) is 9.78 Å². The molecule has 2 aromatic heterocycles. The van der Waals surface area contributed by atoms with Crippen molar-refractivity contribution in [3.8, 4) is 16.9 Å². The summed E-state index contributed by atoms with van der Waals surface area (Å²) in [6.45, 7) is 1.93. The van der Waals surface area contributed by atoms with Gasteiger partial charge in [0.15, 0.2) is 5.69 Å². The molecule has 0 saturated carbocycles. The third kappa shape index (κ3) is 4.05. The average Bonchev–Trinajstić information content (AvgIpc) is 3.30. The highest BCUT2D eigenvalue weighted by Gasteiger charge is 2.29. The standard InChI is InChI=1S/C24H20ClFN6O/c25-18-7-1-3-9-20(18)32-23(17-6-5-11-27-16-17)22(28-29-32)24(33)31-14-12-30(13-15-31)21-10-4-2-8-19(21)26/h1-11,16H,12-15H2. The Morgan fingerprint density at radius 2 is 1.64 bits per heavy atom. The Labute approximate surface area is 195 Å². The minimum atomic E-state index is -0.265. The Balaban J connectivity index is 1.46. The van der Waals surface area contributed by atoms with Gasteiger partial charge in [-0.2, -0.15) is 0 Å². The highest BCUT2D eigenvalue weighted by molar-refractivity contribution is 6.32. The average molecular weight is 463 g/mol. The predicted octanol–water partition coefficient (Wildman–Crippen LogP) is 4.08. The number of amides is 1. The van der Waals surface area contributed by atoms with Crippen LogP contribution in [0.25, 0.3) is 16.9 Å². The molecule has 1 aliphatic rings. The molecule has 1 amide bonds. The molecule has 33 heavy (non-hydrogen) atoms. The number of carbonyl (C=O) groups excluding carboxylic acids is 1. The van der Waals surface area contributed by atoms with Crippen molar-refractivity contribution in [2.75, 3.05) is 31.1 Å². The van der Waals surface area contributed by atoms with Gasteiger partial charge < -0.3 is 9.80 Å². The second-order valence-electron chi connectivity index (χ2n) is 7.62. The number of carbonyl (C=O) groups is 1. The molecule has 0 bridgehead atoms. The summed E-state index contributed by atoms with van der Waals surface area (Å²) in [5.74, 6) is -0.501. The number of nitrogens with zero attached hydrogens (tertiary/aromatic N) is 6. The molecule has 0 atom stereocenters. The fourth-order valence-corrected chi connectivity index (χ4v) is 4.20. The van der Waals surface area contributed by atoms with Crippen LogP contribution >= 0.6 is 11.6 Å². The Bertz CT molecular complexity index is 1290. The topological polar surface area (TPSA) is 67.2 Å². The molecule has 0 radical (unpaired) electrons. The van der Waals surface area contributed by atoms with Crippen molar-refractivity contribution in [2.24, 2.45) is 0 Å². The van der Waals surface area contributed by atoms with Crippen molar-refractivity contribution in [1.29, 1.82) is 0 Å². The van der Waals surface area contributed by atoms with Crippen LogP contribution in [-0.2, 0) is 0 Å². The number of rotatable bonds is 4. The van der Waals surface area contributed by atoms with Gasteiger partial charge in [0.25, 0.3) is 5.91 Å². The zero-order chi connectivity index (χ0) is 22.8. The number of piperazine rings is 1. The molecule has 166 valence electrons. The number of pyridine rings is 1. The molecule has 1 saturated heterocycles. The number of halogens is 2. The highest BCUT2D eigenvalue weighted by Crippen LogP contribution is 2.29. The van der Waals surface area contributed by atoms with E-state index in [4.69, 9.17) is 11.6 Å². The Hall–Kier alpha value is -3.78. The maximum Gasteiger partial charge on any atom is 0.276 e. The summed E-state index contributed by atoms with van der Waals surface area (Å²) in [6.07, 6.45) is 3.33. The SMILES string of the molecule is O=C(c1nnn(-c2ccccc2Cl)c1-c1cccnc1)N1CCN(c2ccccc2F)CC1. The van der Waals surface area contributed by atoms with E-state index >= 15 is 0 Å². The molecule has 9 heteroatoms. The summed E-state index contributed by atoms with van der Waals surface area (Å²) in [5, 5.41) is 8.99. The van der Waals surface area contributed by atoms with Crippen molar-refractivity contribution in [3.63, 3.8) is 0 Å². The molecule has 3 heterocycles. The first-order valence-electron chi connectivity index (χ1n) is 10.5. The minimum Gasteiger partial charge on any atom is -0.366 e. The van der Waals surface area contributed by atoms with E-state index in [-0.39, 0.29) is 17.4 Å². The van der Waals surface area contributed by atoms with E-state index in [9.17, 15) is 9.18 Å². The van der Waals surface area contributed by atoms with E-state index in [2.05, 4.69) is 15.3 Å². The lowest BCUT2D eigenvalue weighted by atomic mass is 10.1. The summed E-state index contributed by atoms with van der Waals surface area (Å²) in [6, 6.07) is 17.6. The normalized spacial score (nSPS) is 13.9. The van der Waals surface area contributed by atoms with E-state index in [0.717, 1.165) is 0 Å². The maximum absolute atomic E-state index is 14.2. The molecule has 0 spiro atoms. The zero-order valence-electron chi connectivity index (χ0n) is 17.6. The lowest BCUT2D eigenvalue weighted by molar-refractivity contribution is 0.0741. The summed E-state index contributed by atoms with van der Waals surface area (Å²) >= 11 is 6.41. The van der Waals surface area contributed by atoms with E-state index in [1.807, 2.05) is 35.2 Å². The van der Waals surface area contributed by atoms with Crippen molar-refractivity contribution in [3.05, 3.63) is 89.6 Å². The predicted molar refractivity (Wildman–Crippen MR) is 124 cm³/mol. The summed E-state index contributed by atoms with van der Waals surface area (Å²) in [7, 11) is 0. The summed E-state index contributed by atoms with van der Waals surface area (Å²) < 4.78 is 15.7. The van der Waals surface area contributed by atoms with Gasteiger partial charge in [-0.15, -0.1) is 5.10 Å². The van der Waals surface area contributed by atoms with Crippen LogP contribution in [0.4, 0.5) is 10.1 Å². The Kier molecular flexibility index (Phi) is 5.75. The van der Waals surface area contributed by atoms with E-state index in [1.165, 1.54) is 6.07 Å². The van der Waals surface area contributed by atoms with Crippen LogP contribution in [0.5, 0.6) is 0 Å². The molecule has 0 unspecified atom stereocenters. The van der Waals surface area contributed by atoms with Crippen molar-refractivity contribution >= 4 is 23.2 Å². The molecular formula is C24H20ClFN6O. The van der Waals surface area contributed by atoms with Gasteiger partial charge in [-0.25, -0.2) is 9.07 Å². The molecule has 7 nitrogen and oxygen atoms in total. The lowest BCUT2D eigenvalue weighted by Gasteiger charge is -2.36. The number of benzene rings is 2. The highest BCUT2D eigenvalue weighted by atomic mass is 35.5. The molecule has 0 aliphatic carbocycles. The van der Waals surface area contributed by atoms with Gasteiger partial charge in [-0.1, -0.05) is 41.1 Å². The second-order valence-corrected chi connectivity index (χ2v) is 8.03. The van der Waals surface area contributed by atoms with Crippen LogP contribution < -0.4 is 4.90 Å². The number of hydrogen-bond acceptors (Lipinski definition) is 5. The summed E-state index contributed by atoms with van der Waals surface area (Å²) in [4.78, 5) is 21.4. The van der Waals surface area contributed by atoms with Gasteiger partial charge >= 0.3 is 0 Å². The van der Waals surface area contributed by atoms with Gasteiger partial charge in [0.1, 0.15) is 11.5 Å². The first kappa shape index (κ1) is 21.1. The van der Waals surface area contributed by atoms with Crippen LogP contribution in [-0.4, -0.2) is 57.0 Å². The molecule has 4 aromatic rings. The second kappa shape index (κ2) is 8.99. The van der Waals surface area contributed by atoms with Gasteiger partial charge in [0.2, 0.25) is 0 Å². The first-order valence-corrected chi connectivity index (χ1v) is 10.9. The van der Waals surface area contributed by atoms with Crippen LogP contribution in [0.2, 0.25) is 5.02 Å². The quantitative estimate of drug-likeness (QED) is 0.457. The van der Waals surface area contributed by atoms with Gasteiger partial charge in [0.05, 0.1) is 16.4 Å². The lowest BCUT2D eigenvalue weighted by Crippen LogP contribution is -2.49. The number of aromatic nitrogens is 4. The monoisotopic (exact) mass is 462 g/mol. The number of para-hydroxylation sites is 2. The van der Waals surface area contributed by atoms with Gasteiger partial charge in [-0.05, 0) is 36.4 Å². The van der Waals surface area contributed by atoms with E-state index in [1.54, 1.807) is 46.2 Å². The van der Waals surface area contributed by atoms with E-state index < -0.39 is 0 Å². The molecule has 2 aromatic carbocycles. The van der Waals surface area contributed by atoms with Crippen molar-refractivity contribution in [1.82, 2.24) is 24.9 Å². The molecule has 5 rings (SSSR count). The molecule has 1 aliphatic heterocycles. The Morgan fingerprint density at radius 1 is 0.909 bits per heavy atom. The van der Waals surface area contributed by atoms with Crippen LogP contribution in [0, 0.1) is 5.82 Å². The largest absolute Gasteiger partial charge is 0.366 e. The summed E-state index contributed by atoms with van der Waals surface area (Å²) in [5.41, 5.74) is 2.62. The zero-order valence-corrected chi connectivity index (χ0v) is 18.4. The molecule has 0 N–H and O–H groups in total.